The molecule has 30 heavy (non-hydrogen) atoms. The van der Waals surface area contributed by atoms with E-state index in [2.05, 4.69) is 53.3 Å². The molecule has 7 heteroatoms. The summed E-state index contributed by atoms with van der Waals surface area (Å²) in [6, 6.07) is 11.8. The van der Waals surface area contributed by atoms with Crippen LogP contribution >= 0.6 is 0 Å². The lowest BCUT2D eigenvalue weighted by Gasteiger charge is -2.32. The van der Waals surface area contributed by atoms with Crippen molar-refractivity contribution in [3.05, 3.63) is 59.5 Å². The van der Waals surface area contributed by atoms with Gasteiger partial charge in [0.2, 0.25) is 11.8 Å². The van der Waals surface area contributed by atoms with Crippen LogP contribution in [0.5, 0.6) is 0 Å². The number of hydrogen-bond donors (Lipinski definition) is 1. The predicted molar refractivity (Wildman–Crippen MR) is 115 cm³/mol. The highest BCUT2D eigenvalue weighted by molar-refractivity contribution is 5.99. The van der Waals surface area contributed by atoms with Crippen molar-refractivity contribution in [2.45, 2.75) is 39.2 Å². The predicted octanol–water partition coefficient (Wildman–Crippen LogP) is 4.41. The number of carbonyl (C=O) groups is 1. The molecule has 5 rings (SSSR count). The van der Waals surface area contributed by atoms with Crippen LogP contribution in [0.25, 0.3) is 11.6 Å². The molecule has 1 N–H and O–H groups in total. The number of rotatable bonds is 5. The summed E-state index contributed by atoms with van der Waals surface area (Å²) in [5, 5.41) is 8.08. The maximum atomic E-state index is 12.9. The van der Waals surface area contributed by atoms with Crippen LogP contribution in [0.2, 0.25) is 0 Å². The molecule has 0 fully saturated rings. The van der Waals surface area contributed by atoms with E-state index < -0.39 is 0 Å². The van der Waals surface area contributed by atoms with Crippen molar-refractivity contribution in [2.24, 2.45) is 0 Å². The maximum absolute atomic E-state index is 12.9. The molecule has 0 saturated heterocycles. The molecule has 7 nitrogen and oxygen atoms in total. The van der Waals surface area contributed by atoms with Gasteiger partial charge in [-0.05, 0) is 56.5 Å². The summed E-state index contributed by atoms with van der Waals surface area (Å²) >= 11 is 0. The van der Waals surface area contributed by atoms with E-state index in [9.17, 15) is 4.79 Å². The van der Waals surface area contributed by atoms with E-state index in [0.717, 1.165) is 42.8 Å². The van der Waals surface area contributed by atoms with Crippen molar-refractivity contribution < 1.29 is 9.21 Å². The minimum atomic E-state index is -0.286. The van der Waals surface area contributed by atoms with Gasteiger partial charge in [0, 0.05) is 36.5 Å². The highest BCUT2D eigenvalue weighted by Crippen LogP contribution is 2.41. The Bertz CT molecular complexity index is 1090. The first-order valence-corrected chi connectivity index (χ1v) is 10.6. The van der Waals surface area contributed by atoms with Crippen molar-refractivity contribution in [1.29, 1.82) is 0 Å². The summed E-state index contributed by atoms with van der Waals surface area (Å²) < 4.78 is 7.32. The van der Waals surface area contributed by atoms with Gasteiger partial charge in [0.25, 0.3) is 0 Å². The standard InChI is InChI=1S/C23H25N5O2/c1-3-27(4-2)16-12-10-15(11-13-16)21-20-17(7-5-8-18(20)29)24-23-25-22(26-28(21)23)19-9-6-14-30-19/h6,9-14,21H,3-5,7-8H2,1-2H3,(H,24,25,26). The van der Waals surface area contributed by atoms with Gasteiger partial charge in [-0.3, -0.25) is 4.79 Å². The normalized spacial score (nSPS) is 18.1. The lowest BCUT2D eigenvalue weighted by Crippen LogP contribution is -2.31. The number of nitrogens with one attached hydrogen (secondary N) is 1. The quantitative estimate of drug-likeness (QED) is 0.680. The zero-order chi connectivity index (χ0) is 20.7. The van der Waals surface area contributed by atoms with Crippen LogP contribution in [0.4, 0.5) is 11.6 Å². The number of Topliss-reactive ketones (excluding diaryl/α,β-unsaturated/α-hetero) is 1. The first kappa shape index (κ1) is 18.7. The zero-order valence-electron chi connectivity index (χ0n) is 17.3. The summed E-state index contributed by atoms with van der Waals surface area (Å²) in [6.45, 7) is 6.22. The van der Waals surface area contributed by atoms with Gasteiger partial charge >= 0.3 is 0 Å². The number of aromatic nitrogens is 3. The molecule has 1 aliphatic heterocycles. The van der Waals surface area contributed by atoms with E-state index >= 15 is 0 Å². The number of ketones is 1. The van der Waals surface area contributed by atoms with E-state index in [0.29, 0.717) is 24.0 Å². The third-order valence-corrected chi connectivity index (χ3v) is 5.95. The minimum Gasteiger partial charge on any atom is -0.461 e. The topological polar surface area (TPSA) is 76.2 Å². The summed E-state index contributed by atoms with van der Waals surface area (Å²) in [4.78, 5) is 19.9. The minimum absolute atomic E-state index is 0.183. The number of benzene rings is 1. The fraction of sp³-hybridized carbons (Fsp3) is 0.348. The summed E-state index contributed by atoms with van der Waals surface area (Å²) in [5.74, 6) is 1.95. The molecule has 0 spiro atoms. The largest absolute Gasteiger partial charge is 0.461 e. The Morgan fingerprint density at radius 2 is 1.97 bits per heavy atom. The number of carbonyl (C=O) groups excluding carboxylic acids is 1. The second kappa shape index (κ2) is 7.48. The molecule has 0 radical (unpaired) electrons. The fourth-order valence-electron chi connectivity index (χ4n) is 4.43. The van der Waals surface area contributed by atoms with Gasteiger partial charge in [0.15, 0.2) is 11.5 Å². The number of furan rings is 1. The van der Waals surface area contributed by atoms with Gasteiger partial charge in [-0.15, -0.1) is 5.10 Å². The van der Waals surface area contributed by atoms with Crippen LogP contribution in [0.1, 0.15) is 44.7 Å². The van der Waals surface area contributed by atoms with E-state index in [1.807, 2.05) is 16.8 Å². The number of nitrogens with zero attached hydrogens (tertiary/aromatic N) is 4. The molecule has 0 bridgehead atoms. The first-order chi connectivity index (χ1) is 14.7. The molecular weight excluding hydrogens is 378 g/mol. The van der Waals surface area contributed by atoms with Crippen molar-refractivity contribution in [1.82, 2.24) is 14.8 Å². The van der Waals surface area contributed by atoms with Crippen LogP contribution in [-0.4, -0.2) is 33.6 Å². The third kappa shape index (κ3) is 3.01. The summed E-state index contributed by atoms with van der Waals surface area (Å²) in [7, 11) is 0. The van der Waals surface area contributed by atoms with Gasteiger partial charge in [0.1, 0.15) is 6.04 Å². The summed E-state index contributed by atoms with van der Waals surface area (Å²) in [5.41, 5.74) is 3.99. The smallest absolute Gasteiger partial charge is 0.227 e. The maximum Gasteiger partial charge on any atom is 0.227 e. The molecule has 1 aromatic carbocycles. The van der Waals surface area contributed by atoms with Crippen LogP contribution in [0.3, 0.4) is 0 Å². The average Bonchev–Trinajstić information content (AvgIpc) is 3.44. The van der Waals surface area contributed by atoms with Gasteiger partial charge in [-0.1, -0.05) is 12.1 Å². The number of anilines is 2. The van der Waals surface area contributed by atoms with Crippen LogP contribution in [0.15, 0.2) is 58.3 Å². The van der Waals surface area contributed by atoms with Crippen LogP contribution < -0.4 is 10.2 Å². The Morgan fingerprint density at radius 3 is 2.67 bits per heavy atom. The van der Waals surface area contributed by atoms with Gasteiger partial charge < -0.3 is 14.6 Å². The molecule has 3 aromatic rings. The second-order valence-corrected chi connectivity index (χ2v) is 7.64. The monoisotopic (exact) mass is 403 g/mol. The molecule has 1 aliphatic carbocycles. The lowest BCUT2D eigenvalue weighted by atomic mass is 9.85. The number of allylic oxidation sites excluding steroid dienone is 2. The molecule has 1 atom stereocenters. The van der Waals surface area contributed by atoms with E-state index in [4.69, 9.17) is 9.52 Å². The van der Waals surface area contributed by atoms with Gasteiger partial charge in [-0.25, -0.2) is 4.68 Å². The van der Waals surface area contributed by atoms with Gasteiger partial charge in [-0.2, -0.15) is 4.98 Å². The second-order valence-electron chi connectivity index (χ2n) is 7.64. The van der Waals surface area contributed by atoms with E-state index in [1.165, 1.54) is 5.69 Å². The Morgan fingerprint density at radius 1 is 1.17 bits per heavy atom. The Labute approximate surface area is 175 Å². The average molecular weight is 403 g/mol. The highest BCUT2D eigenvalue weighted by atomic mass is 16.3. The molecule has 1 unspecified atom stereocenters. The third-order valence-electron chi connectivity index (χ3n) is 5.95. The fourth-order valence-corrected chi connectivity index (χ4v) is 4.43. The molecular formula is C23H25N5O2. The van der Waals surface area contributed by atoms with Crippen molar-refractivity contribution in [3.63, 3.8) is 0 Å². The molecule has 2 aromatic heterocycles. The number of hydrogen-bond acceptors (Lipinski definition) is 6. The molecule has 154 valence electrons. The SMILES string of the molecule is CCN(CC)c1ccc(C2C3=C(CCCC3=O)Nc3nc(-c4ccco4)nn32)cc1. The van der Waals surface area contributed by atoms with Crippen molar-refractivity contribution >= 4 is 17.4 Å². The summed E-state index contributed by atoms with van der Waals surface area (Å²) in [6.07, 6.45) is 3.89. The van der Waals surface area contributed by atoms with E-state index in [-0.39, 0.29) is 11.8 Å². The number of fused-ring (bicyclic) bond motifs is 1. The zero-order valence-corrected chi connectivity index (χ0v) is 17.3. The molecule has 0 saturated carbocycles. The van der Waals surface area contributed by atoms with Gasteiger partial charge in [0.05, 0.1) is 6.26 Å². The Kier molecular flexibility index (Phi) is 4.65. The first-order valence-electron chi connectivity index (χ1n) is 10.6. The molecule has 2 aliphatic rings. The van der Waals surface area contributed by atoms with Crippen LogP contribution in [0, 0.1) is 0 Å². The Balaban J connectivity index is 1.61. The van der Waals surface area contributed by atoms with E-state index in [1.54, 1.807) is 6.26 Å². The molecule has 3 heterocycles. The van der Waals surface area contributed by atoms with Crippen molar-refractivity contribution in [2.75, 3.05) is 23.3 Å². The Hall–Kier alpha value is -3.35. The highest BCUT2D eigenvalue weighted by Gasteiger charge is 2.37. The van der Waals surface area contributed by atoms with Crippen LogP contribution in [-0.2, 0) is 4.79 Å². The molecule has 0 amide bonds. The van der Waals surface area contributed by atoms with Crippen molar-refractivity contribution in [3.8, 4) is 11.6 Å². The lowest BCUT2D eigenvalue weighted by molar-refractivity contribution is -0.116.